The Hall–Kier alpha value is -1.26. The second-order valence-corrected chi connectivity index (χ2v) is 5.10. The topological polar surface area (TPSA) is 24.9 Å². The Morgan fingerprint density at radius 2 is 2.18 bits per heavy atom. The van der Waals surface area contributed by atoms with Gasteiger partial charge in [0.15, 0.2) is 0 Å². The van der Waals surface area contributed by atoms with E-state index in [0.717, 1.165) is 21.0 Å². The van der Waals surface area contributed by atoms with Crippen molar-refractivity contribution < 1.29 is 4.39 Å². The van der Waals surface area contributed by atoms with Crippen LogP contribution in [0.5, 0.6) is 0 Å². The van der Waals surface area contributed by atoms with Gasteiger partial charge in [0, 0.05) is 22.7 Å². The molecule has 2 rings (SSSR count). The van der Waals surface area contributed by atoms with E-state index >= 15 is 0 Å². The third kappa shape index (κ3) is 2.53. The third-order valence-electron chi connectivity index (χ3n) is 2.81. The number of aromatic nitrogens is 1. The van der Waals surface area contributed by atoms with Crippen molar-refractivity contribution in [1.29, 1.82) is 0 Å². The zero-order chi connectivity index (χ0) is 12.4. The lowest BCUT2D eigenvalue weighted by Gasteiger charge is -2.05. The molecule has 1 N–H and O–H groups in total. The lowest BCUT2D eigenvalue weighted by atomic mass is 10.1. The summed E-state index contributed by atoms with van der Waals surface area (Å²) in [6.07, 6.45) is 1.85. The van der Waals surface area contributed by atoms with Crippen LogP contribution in [0.1, 0.15) is 23.4 Å². The van der Waals surface area contributed by atoms with Crippen LogP contribution in [0, 0.1) is 12.7 Å². The van der Waals surface area contributed by atoms with Gasteiger partial charge < -0.3 is 5.32 Å². The molecule has 0 aliphatic heterocycles. The zero-order valence-electron chi connectivity index (χ0n) is 10.1. The van der Waals surface area contributed by atoms with E-state index in [-0.39, 0.29) is 11.9 Å². The van der Waals surface area contributed by atoms with E-state index in [2.05, 4.69) is 17.2 Å². The van der Waals surface area contributed by atoms with Gasteiger partial charge in [-0.05, 0) is 38.6 Å². The fourth-order valence-corrected chi connectivity index (χ4v) is 2.64. The Morgan fingerprint density at radius 3 is 2.88 bits per heavy atom. The van der Waals surface area contributed by atoms with Gasteiger partial charge >= 0.3 is 0 Å². The minimum Gasteiger partial charge on any atom is -0.312 e. The molecule has 0 fully saturated rings. The smallest absolute Gasteiger partial charge is 0.123 e. The van der Waals surface area contributed by atoms with Crippen LogP contribution in [0.2, 0.25) is 0 Å². The second-order valence-electron chi connectivity index (χ2n) is 4.04. The summed E-state index contributed by atoms with van der Waals surface area (Å²) in [6.45, 7) is 4.05. The van der Waals surface area contributed by atoms with E-state index in [4.69, 9.17) is 0 Å². The van der Waals surface area contributed by atoms with Crippen molar-refractivity contribution in [2.24, 2.45) is 0 Å². The first kappa shape index (κ1) is 12.2. The number of thiazole rings is 1. The predicted octanol–water partition coefficient (Wildman–Crippen LogP) is 3.54. The van der Waals surface area contributed by atoms with Gasteiger partial charge in [-0.1, -0.05) is 6.07 Å². The van der Waals surface area contributed by atoms with Crippen molar-refractivity contribution in [2.45, 2.75) is 19.9 Å². The molecule has 0 radical (unpaired) electrons. The minimum absolute atomic E-state index is 0.219. The van der Waals surface area contributed by atoms with Crippen LogP contribution >= 0.6 is 11.3 Å². The van der Waals surface area contributed by atoms with Crippen LogP contribution in [0.4, 0.5) is 4.39 Å². The molecule has 0 saturated carbocycles. The van der Waals surface area contributed by atoms with Crippen LogP contribution in [0.15, 0.2) is 24.4 Å². The number of rotatable bonds is 3. The van der Waals surface area contributed by atoms with E-state index in [1.54, 1.807) is 23.5 Å². The van der Waals surface area contributed by atoms with Crippen molar-refractivity contribution in [1.82, 2.24) is 10.3 Å². The highest BCUT2D eigenvalue weighted by Crippen LogP contribution is 2.30. The first-order valence-electron chi connectivity index (χ1n) is 5.51. The van der Waals surface area contributed by atoms with Crippen molar-refractivity contribution in [2.75, 3.05) is 7.05 Å². The molecule has 0 aliphatic rings. The van der Waals surface area contributed by atoms with Gasteiger partial charge in [-0.2, -0.15) is 0 Å². The van der Waals surface area contributed by atoms with E-state index < -0.39 is 0 Å². The number of benzene rings is 1. The molecule has 0 bridgehead atoms. The number of hydrogen-bond acceptors (Lipinski definition) is 3. The lowest BCUT2D eigenvalue weighted by Crippen LogP contribution is -2.10. The average Bonchev–Trinajstić information content (AvgIpc) is 2.80. The van der Waals surface area contributed by atoms with Crippen molar-refractivity contribution in [3.8, 4) is 10.6 Å². The van der Waals surface area contributed by atoms with Crippen molar-refractivity contribution >= 4 is 11.3 Å². The highest BCUT2D eigenvalue weighted by Gasteiger charge is 2.11. The molecule has 17 heavy (non-hydrogen) atoms. The molecule has 0 aliphatic carbocycles. The molecule has 4 heteroatoms. The van der Waals surface area contributed by atoms with Crippen LogP contribution in [0.25, 0.3) is 10.6 Å². The first-order valence-corrected chi connectivity index (χ1v) is 6.33. The summed E-state index contributed by atoms with van der Waals surface area (Å²) in [5.41, 5.74) is 1.92. The Labute approximate surface area is 105 Å². The van der Waals surface area contributed by atoms with E-state index in [1.165, 1.54) is 6.07 Å². The van der Waals surface area contributed by atoms with E-state index in [9.17, 15) is 4.39 Å². The van der Waals surface area contributed by atoms with Crippen LogP contribution in [-0.2, 0) is 0 Å². The molecule has 0 spiro atoms. The van der Waals surface area contributed by atoms with Crippen LogP contribution in [0.3, 0.4) is 0 Å². The molecule has 2 nitrogen and oxygen atoms in total. The molecule has 1 atom stereocenters. The van der Waals surface area contributed by atoms with Gasteiger partial charge in [-0.15, -0.1) is 11.3 Å². The maximum Gasteiger partial charge on any atom is 0.123 e. The van der Waals surface area contributed by atoms with E-state index in [1.807, 2.05) is 20.2 Å². The van der Waals surface area contributed by atoms with Gasteiger partial charge in [0.1, 0.15) is 10.8 Å². The number of hydrogen-bond donors (Lipinski definition) is 1. The first-order chi connectivity index (χ1) is 8.11. The maximum absolute atomic E-state index is 13.2. The summed E-state index contributed by atoms with van der Waals surface area (Å²) in [7, 11) is 1.91. The normalized spacial score (nSPS) is 12.7. The molecule has 1 heterocycles. The Kier molecular flexibility index (Phi) is 3.54. The quantitative estimate of drug-likeness (QED) is 0.901. The SMILES string of the molecule is CNC(C)c1cnc(-c2cc(F)ccc2C)s1. The van der Waals surface area contributed by atoms with Gasteiger partial charge in [0.25, 0.3) is 0 Å². The van der Waals surface area contributed by atoms with Crippen molar-refractivity contribution in [3.63, 3.8) is 0 Å². The van der Waals surface area contributed by atoms with Gasteiger partial charge in [0.2, 0.25) is 0 Å². The largest absolute Gasteiger partial charge is 0.312 e. The highest BCUT2D eigenvalue weighted by atomic mass is 32.1. The Balaban J connectivity index is 2.40. The van der Waals surface area contributed by atoms with Crippen LogP contribution < -0.4 is 5.32 Å². The molecule has 0 saturated heterocycles. The predicted molar refractivity (Wildman–Crippen MR) is 69.7 cm³/mol. The zero-order valence-corrected chi connectivity index (χ0v) is 10.9. The van der Waals surface area contributed by atoms with Crippen molar-refractivity contribution in [3.05, 3.63) is 40.7 Å². The number of aryl methyl sites for hydroxylation is 1. The molecular formula is C13H15FN2S. The summed E-state index contributed by atoms with van der Waals surface area (Å²) < 4.78 is 13.2. The number of nitrogens with zero attached hydrogens (tertiary/aromatic N) is 1. The Bertz CT molecular complexity index is 522. The summed E-state index contributed by atoms with van der Waals surface area (Å²) in [4.78, 5) is 5.53. The third-order valence-corrected chi connectivity index (χ3v) is 4.03. The summed E-state index contributed by atoms with van der Waals surface area (Å²) in [5.74, 6) is -0.219. The minimum atomic E-state index is -0.219. The average molecular weight is 250 g/mol. The molecule has 0 amide bonds. The molecule has 1 unspecified atom stereocenters. The van der Waals surface area contributed by atoms with Gasteiger partial charge in [-0.25, -0.2) is 9.37 Å². The fourth-order valence-electron chi connectivity index (χ4n) is 1.58. The van der Waals surface area contributed by atoms with Gasteiger partial charge in [-0.3, -0.25) is 0 Å². The molecule has 2 aromatic rings. The second kappa shape index (κ2) is 4.94. The van der Waals surface area contributed by atoms with E-state index in [0.29, 0.717) is 0 Å². The number of halogens is 1. The van der Waals surface area contributed by atoms with Gasteiger partial charge in [0.05, 0.1) is 0 Å². The molecule has 90 valence electrons. The number of nitrogens with one attached hydrogen (secondary N) is 1. The maximum atomic E-state index is 13.2. The Morgan fingerprint density at radius 1 is 1.41 bits per heavy atom. The monoisotopic (exact) mass is 250 g/mol. The summed E-state index contributed by atoms with van der Waals surface area (Å²) in [5, 5.41) is 4.04. The lowest BCUT2D eigenvalue weighted by molar-refractivity contribution is 0.628. The molecule has 1 aromatic carbocycles. The molecule has 1 aromatic heterocycles. The molecular weight excluding hydrogens is 235 g/mol. The van der Waals surface area contributed by atoms with Crippen LogP contribution in [-0.4, -0.2) is 12.0 Å². The standard InChI is InChI=1S/C13H15FN2S/c1-8-4-5-10(14)6-11(8)13-16-7-12(17-13)9(2)15-3/h4-7,9,15H,1-3H3. The summed E-state index contributed by atoms with van der Waals surface area (Å²) >= 11 is 1.60. The fraction of sp³-hybridized carbons (Fsp3) is 0.308. The summed E-state index contributed by atoms with van der Waals surface area (Å²) in [6, 6.07) is 5.08. The highest BCUT2D eigenvalue weighted by molar-refractivity contribution is 7.15.